The first-order valence-electron chi connectivity index (χ1n) is 4.50. The van der Waals surface area contributed by atoms with Gasteiger partial charge in [0.1, 0.15) is 0 Å². The van der Waals surface area contributed by atoms with Gasteiger partial charge in [-0.1, -0.05) is 19.1 Å². The van der Waals surface area contributed by atoms with Crippen molar-refractivity contribution in [2.24, 2.45) is 5.92 Å². The van der Waals surface area contributed by atoms with E-state index in [4.69, 9.17) is 0 Å². The van der Waals surface area contributed by atoms with E-state index < -0.39 is 0 Å². The van der Waals surface area contributed by atoms with Crippen LogP contribution in [-0.4, -0.2) is 15.0 Å². The highest BCUT2D eigenvalue weighted by Crippen LogP contribution is 2.06. The van der Waals surface area contributed by atoms with E-state index in [1.165, 1.54) is 0 Å². The Bertz CT molecular complexity index is 238. The van der Waals surface area contributed by atoms with Crippen LogP contribution in [0.3, 0.4) is 0 Å². The van der Waals surface area contributed by atoms with Gasteiger partial charge in [0.25, 0.3) is 0 Å². The predicted octanol–water partition coefficient (Wildman–Crippen LogP) is 2.06. The van der Waals surface area contributed by atoms with Gasteiger partial charge in [-0.2, -0.15) is 0 Å². The highest BCUT2D eigenvalue weighted by Gasteiger charge is 2.04. The minimum absolute atomic E-state index is 0.415. The summed E-state index contributed by atoms with van der Waals surface area (Å²) < 4.78 is 1.90. The molecule has 0 unspecified atom stereocenters. The minimum Gasteiger partial charge on any atom is -0.250 e. The highest BCUT2D eigenvalue weighted by atomic mass is 15.4. The molecule has 0 radical (unpaired) electrons. The summed E-state index contributed by atoms with van der Waals surface area (Å²) >= 11 is 0. The molecule has 0 amide bonds. The van der Waals surface area contributed by atoms with Crippen LogP contribution in [0.15, 0.2) is 6.20 Å². The molecule has 0 fully saturated rings. The van der Waals surface area contributed by atoms with Gasteiger partial charge in [-0.3, -0.25) is 0 Å². The van der Waals surface area contributed by atoms with E-state index in [0.29, 0.717) is 12.0 Å². The lowest BCUT2D eigenvalue weighted by molar-refractivity contribution is 0.514. The molecule has 1 heterocycles. The van der Waals surface area contributed by atoms with E-state index in [9.17, 15) is 0 Å². The van der Waals surface area contributed by atoms with Crippen LogP contribution in [0.1, 0.15) is 39.4 Å². The summed E-state index contributed by atoms with van der Waals surface area (Å²) in [5.74, 6) is 0.655. The zero-order chi connectivity index (χ0) is 9.14. The average molecular weight is 167 g/mol. The van der Waals surface area contributed by atoms with Crippen molar-refractivity contribution in [1.29, 1.82) is 0 Å². The third kappa shape index (κ3) is 2.32. The molecule has 0 aromatic carbocycles. The van der Waals surface area contributed by atoms with Crippen molar-refractivity contribution in [1.82, 2.24) is 15.0 Å². The van der Waals surface area contributed by atoms with Crippen LogP contribution < -0.4 is 0 Å². The summed E-state index contributed by atoms with van der Waals surface area (Å²) in [6, 6.07) is 0.415. The van der Waals surface area contributed by atoms with Crippen LogP contribution >= 0.6 is 0 Å². The Labute approximate surface area is 73.8 Å². The van der Waals surface area contributed by atoms with Crippen molar-refractivity contribution in [3.63, 3.8) is 0 Å². The monoisotopic (exact) mass is 167 g/mol. The fourth-order valence-corrected chi connectivity index (χ4v) is 1.08. The highest BCUT2D eigenvalue weighted by molar-refractivity contribution is 4.93. The summed E-state index contributed by atoms with van der Waals surface area (Å²) in [5, 5.41) is 8.13. The molecule has 1 rings (SSSR count). The number of hydrogen-bond acceptors (Lipinski definition) is 2. The zero-order valence-corrected chi connectivity index (χ0v) is 8.28. The topological polar surface area (TPSA) is 30.7 Å². The summed E-state index contributed by atoms with van der Waals surface area (Å²) in [7, 11) is 0. The van der Waals surface area contributed by atoms with Gasteiger partial charge < -0.3 is 0 Å². The Morgan fingerprint density at radius 3 is 2.42 bits per heavy atom. The van der Waals surface area contributed by atoms with E-state index in [1.807, 2.05) is 10.9 Å². The Hall–Kier alpha value is -0.860. The Morgan fingerprint density at radius 2 is 2.00 bits per heavy atom. The first kappa shape index (κ1) is 9.23. The average Bonchev–Trinajstić information content (AvgIpc) is 2.34. The summed E-state index contributed by atoms with van der Waals surface area (Å²) in [6.07, 6.45) is 3.05. The maximum atomic E-state index is 4.09. The second-order valence-electron chi connectivity index (χ2n) is 3.88. The molecule has 0 saturated heterocycles. The number of hydrogen-bond donors (Lipinski definition) is 0. The first-order valence-corrected chi connectivity index (χ1v) is 4.50. The summed E-state index contributed by atoms with van der Waals surface area (Å²) in [4.78, 5) is 0. The molecule has 0 aliphatic rings. The largest absolute Gasteiger partial charge is 0.250 e. The van der Waals surface area contributed by atoms with Crippen LogP contribution in [0.4, 0.5) is 0 Å². The maximum Gasteiger partial charge on any atom is 0.0829 e. The molecule has 1 aromatic heterocycles. The van der Waals surface area contributed by atoms with Crippen molar-refractivity contribution in [3.05, 3.63) is 11.9 Å². The smallest absolute Gasteiger partial charge is 0.0829 e. The second kappa shape index (κ2) is 3.70. The molecule has 0 atom stereocenters. The van der Waals surface area contributed by atoms with E-state index in [1.54, 1.807) is 0 Å². The van der Waals surface area contributed by atoms with Crippen LogP contribution in [0.5, 0.6) is 0 Å². The van der Waals surface area contributed by atoms with Gasteiger partial charge in [-0.25, -0.2) is 4.68 Å². The van der Waals surface area contributed by atoms with Crippen molar-refractivity contribution in [2.75, 3.05) is 0 Å². The normalized spacial score (nSPS) is 11.5. The molecule has 68 valence electrons. The third-order valence-electron chi connectivity index (χ3n) is 1.70. The minimum atomic E-state index is 0.415. The molecule has 0 spiro atoms. The summed E-state index contributed by atoms with van der Waals surface area (Å²) in [6.45, 7) is 8.59. The van der Waals surface area contributed by atoms with Crippen molar-refractivity contribution < 1.29 is 0 Å². The Balaban J connectivity index is 2.64. The van der Waals surface area contributed by atoms with E-state index in [0.717, 1.165) is 12.1 Å². The van der Waals surface area contributed by atoms with E-state index >= 15 is 0 Å². The van der Waals surface area contributed by atoms with Crippen molar-refractivity contribution in [2.45, 2.75) is 40.2 Å². The molecule has 0 aliphatic heterocycles. The lowest BCUT2D eigenvalue weighted by Crippen LogP contribution is -2.00. The lowest BCUT2D eigenvalue weighted by atomic mass is 10.1. The van der Waals surface area contributed by atoms with Crippen molar-refractivity contribution in [3.8, 4) is 0 Å². The van der Waals surface area contributed by atoms with Gasteiger partial charge in [0.2, 0.25) is 0 Å². The molecule has 3 nitrogen and oxygen atoms in total. The lowest BCUT2D eigenvalue weighted by Gasteiger charge is -2.01. The van der Waals surface area contributed by atoms with Gasteiger partial charge in [-0.15, -0.1) is 5.10 Å². The molecule has 12 heavy (non-hydrogen) atoms. The van der Waals surface area contributed by atoms with Gasteiger partial charge >= 0.3 is 0 Å². The van der Waals surface area contributed by atoms with E-state index in [-0.39, 0.29) is 0 Å². The zero-order valence-electron chi connectivity index (χ0n) is 8.28. The molecule has 3 heteroatoms. The van der Waals surface area contributed by atoms with Gasteiger partial charge in [0.05, 0.1) is 5.69 Å². The van der Waals surface area contributed by atoms with Gasteiger partial charge in [-0.05, 0) is 26.2 Å². The van der Waals surface area contributed by atoms with Crippen molar-refractivity contribution >= 4 is 0 Å². The van der Waals surface area contributed by atoms with E-state index in [2.05, 4.69) is 38.0 Å². The standard InChI is InChI=1S/C9H17N3/c1-7(2)5-9-6-12(8(3)4)11-10-9/h6-8H,5H2,1-4H3. The number of rotatable bonds is 3. The molecular formula is C9H17N3. The van der Waals surface area contributed by atoms with Crippen LogP contribution in [0.25, 0.3) is 0 Å². The molecule has 0 bridgehead atoms. The number of nitrogens with zero attached hydrogens (tertiary/aromatic N) is 3. The van der Waals surface area contributed by atoms with Crippen LogP contribution in [0, 0.1) is 5.92 Å². The second-order valence-corrected chi connectivity index (χ2v) is 3.88. The Kier molecular flexibility index (Phi) is 2.84. The molecular weight excluding hydrogens is 150 g/mol. The first-order chi connectivity index (χ1) is 5.59. The Morgan fingerprint density at radius 1 is 1.33 bits per heavy atom. The molecule has 0 saturated carbocycles. The third-order valence-corrected chi connectivity index (χ3v) is 1.70. The van der Waals surface area contributed by atoms with Crippen LogP contribution in [-0.2, 0) is 6.42 Å². The SMILES string of the molecule is CC(C)Cc1cn(C(C)C)nn1. The fraction of sp³-hybridized carbons (Fsp3) is 0.778. The molecule has 0 N–H and O–H groups in total. The predicted molar refractivity (Wildman–Crippen MR) is 48.9 cm³/mol. The molecule has 0 aliphatic carbocycles. The number of aromatic nitrogens is 3. The van der Waals surface area contributed by atoms with Gasteiger partial charge in [0.15, 0.2) is 0 Å². The van der Waals surface area contributed by atoms with Gasteiger partial charge in [0, 0.05) is 12.2 Å². The summed E-state index contributed by atoms with van der Waals surface area (Å²) in [5.41, 5.74) is 1.10. The maximum absolute atomic E-state index is 4.09. The fourth-order valence-electron chi connectivity index (χ4n) is 1.08. The molecule has 1 aromatic rings. The quantitative estimate of drug-likeness (QED) is 0.690. The van der Waals surface area contributed by atoms with Crippen LogP contribution in [0.2, 0.25) is 0 Å².